The Morgan fingerprint density at radius 3 is 0.925 bits per heavy atom. The number of carbonyl (C=O) groups is 1. The number of hydrogen-bond acceptors (Lipinski definition) is 3. The minimum atomic E-state index is -0.889. The summed E-state index contributed by atoms with van der Waals surface area (Å²) in [6.07, 6.45) is -7.15. The van der Waals surface area contributed by atoms with E-state index in [1.165, 1.54) is 192 Å². The van der Waals surface area contributed by atoms with Crippen LogP contribution < -0.4 is 122 Å². The van der Waals surface area contributed by atoms with E-state index in [9.17, 15) is 0 Å². The Hall–Kier alpha value is -6.70. The van der Waals surface area contributed by atoms with E-state index in [4.69, 9.17) is 95.2 Å². The van der Waals surface area contributed by atoms with E-state index in [-0.39, 0.29) is 135 Å². The predicted molar refractivity (Wildman–Crippen MR) is 527 cm³/mol. The van der Waals surface area contributed by atoms with E-state index >= 15 is 0 Å². The van der Waals surface area contributed by atoms with Crippen LogP contribution >= 0.6 is 15.9 Å². The maximum atomic E-state index is 8.64. The number of rotatable bonds is 12. The zero-order chi connectivity index (χ0) is 82.1. The fourth-order valence-corrected chi connectivity index (χ4v) is 20.3. The van der Waals surface area contributed by atoms with E-state index in [2.05, 4.69) is 353 Å². The van der Waals surface area contributed by atoms with Gasteiger partial charge in [0.2, 0.25) is 0 Å². The Morgan fingerprint density at radius 1 is 0.292 bits per heavy atom. The van der Waals surface area contributed by atoms with Crippen LogP contribution in [0.15, 0.2) is 296 Å². The molecule has 0 spiro atoms. The van der Waals surface area contributed by atoms with Gasteiger partial charge in [-0.3, -0.25) is 4.79 Å². The van der Waals surface area contributed by atoms with Crippen molar-refractivity contribution in [3.63, 3.8) is 0 Å². The average molecular weight is 1710 g/mol. The second-order valence-electron chi connectivity index (χ2n) is 32.6. The molecule has 0 fully saturated rings. The van der Waals surface area contributed by atoms with Gasteiger partial charge in [0.25, 0.3) is 6.47 Å². The normalized spacial score (nSPS) is 12.5. The summed E-state index contributed by atoms with van der Waals surface area (Å²) in [7, 11) is 63.2. The molecule has 528 valence electrons. The molecule has 29 heteroatoms. The van der Waals surface area contributed by atoms with Crippen LogP contribution in [0.4, 0.5) is 0 Å². The van der Waals surface area contributed by atoms with Gasteiger partial charge in [0.05, 0.1) is 33.1 Å². The van der Waals surface area contributed by atoms with Gasteiger partial charge in [-0.15, -0.1) is 0 Å². The summed E-state index contributed by atoms with van der Waals surface area (Å²) in [5.74, 6) is 0. The summed E-state index contributed by atoms with van der Waals surface area (Å²) in [5, 5.41) is 31.6. The SMILES string of the molecule is CC1(C)c2ccccc2-c2cc3c4cc(-n5c6ccccc6c6ccccc65)ccc4n(-c4ccc5c6ccccc6c6ccccc6c5c4)c3cc21.CC1(C)c2ccccc2-c2cc3c4cc(Br)ccc4n(-c4ccc5c6ccccc6c6ccccc6c5c4)c3cc21.O=CO[O-].[B]B([B])B([B])B(B(B([B])[B])B([B])[B])B(B([B])[B])B([B])[B].[H-].[Rb+].[Rb+]. The Labute approximate surface area is 825 Å². The van der Waals surface area contributed by atoms with Crippen LogP contribution in [0.3, 0.4) is 0 Å². The number of carbonyl (C=O) groups excluding carboxylic acids is 1. The molecule has 0 aliphatic heterocycles. The Bertz CT molecular complexity index is 7140. The van der Waals surface area contributed by atoms with E-state index < -0.39 is 57.5 Å². The number of hydrogen-bond donors (Lipinski definition) is 0. The molecule has 0 atom stereocenters. The first-order chi connectivity index (χ1) is 57.0. The Balaban J connectivity index is 0.000000149. The molecule has 0 N–H and O–H groups in total. The van der Waals surface area contributed by atoms with E-state index in [1.807, 2.05) is 0 Å². The van der Waals surface area contributed by atoms with Crippen LogP contribution in [0.2, 0.25) is 0 Å². The summed E-state index contributed by atoms with van der Waals surface area (Å²) in [5.41, 5.74) is 21.7. The van der Waals surface area contributed by atoms with Crippen molar-refractivity contribution in [1.82, 2.24) is 13.7 Å². The van der Waals surface area contributed by atoms with E-state index in [0.29, 0.717) is 0 Å². The van der Waals surface area contributed by atoms with Crippen molar-refractivity contribution in [1.29, 1.82) is 0 Å². The van der Waals surface area contributed by atoms with Crippen molar-refractivity contribution in [2.75, 3.05) is 0 Å². The third-order valence-electron chi connectivity index (χ3n) is 25.3. The monoisotopic (exact) mass is 1710 g/mol. The minimum Gasteiger partial charge on any atom is -1.00 e. The summed E-state index contributed by atoms with van der Waals surface area (Å²) in [4.78, 5) is 11.2. The van der Waals surface area contributed by atoms with Crippen molar-refractivity contribution in [2.24, 2.45) is 0 Å². The van der Waals surface area contributed by atoms with Crippen molar-refractivity contribution < 1.29 is 133 Å². The van der Waals surface area contributed by atoms with Gasteiger partial charge in [-0.1, -0.05) is 238 Å². The molecule has 0 bridgehead atoms. The van der Waals surface area contributed by atoms with Crippen molar-refractivity contribution in [2.45, 2.75) is 38.5 Å². The van der Waals surface area contributed by atoms with Crippen LogP contribution in [0, 0.1) is 0 Å². The second kappa shape index (κ2) is 35.0. The third-order valence-corrected chi connectivity index (χ3v) is 25.8. The van der Waals surface area contributed by atoms with Crippen LogP contribution in [0.1, 0.15) is 51.4 Å². The van der Waals surface area contributed by atoms with Crippen molar-refractivity contribution >= 4 is 295 Å². The zero-order valence-electron chi connectivity index (χ0n) is 68.8. The fourth-order valence-electron chi connectivity index (χ4n) is 19.9. The molecule has 21 rings (SSSR count). The zero-order valence-corrected chi connectivity index (χ0v) is 79.2. The number of benzene rings is 16. The van der Waals surface area contributed by atoms with E-state index in [1.54, 1.807) is 0 Å². The third kappa shape index (κ3) is 14.8. The molecule has 2 aliphatic rings. The van der Waals surface area contributed by atoms with Gasteiger partial charge in [-0.25, -0.2) is 0 Å². The molecule has 16 aromatic carbocycles. The number of nitrogens with zero attached hydrogens (tertiary/aromatic N) is 3. The molecule has 3 heterocycles. The molecule has 0 saturated carbocycles. The summed E-state index contributed by atoms with van der Waals surface area (Å²) >= 11 is 3.76. The summed E-state index contributed by atoms with van der Waals surface area (Å²) in [6, 6.07) is 109. The van der Waals surface area contributed by atoms with Crippen LogP contribution in [0.25, 0.3) is 169 Å². The van der Waals surface area contributed by atoms with Gasteiger partial charge in [-0.05, 0) is 206 Å². The van der Waals surface area contributed by atoms with Gasteiger partial charge < -0.3 is 25.3 Å². The smallest absolute Gasteiger partial charge is 1.00 e. The molecule has 2 aliphatic carbocycles. The van der Waals surface area contributed by atoms with Crippen molar-refractivity contribution in [3.8, 4) is 39.3 Å². The number of halogens is 1. The molecule has 19 aromatic rings. The molecule has 0 amide bonds. The topological polar surface area (TPSA) is 64.2 Å². The minimum absolute atomic E-state index is 0. The second-order valence-corrected chi connectivity index (χ2v) is 33.5. The molecule has 3 aromatic heterocycles. The maximum Gasteiger partial charge on any atom is 1.00 e. The quantitative estimate of drug-likeness (QED) is 0.0403. The first kappa shape index (κ1) is 86.8. The number of fused-ring (bicyclic) bond motifs is 27. The molecule has 22 radical (unpaired) electrons. The standard InChI is InChI=1S/C51H34N2.C39H26BrN.CH2O3.B20.2Rb.H/c1-51(2)45-20-10-7-17-38(45)42-29-44-43-28-32(52-47-21-11-8-18-39(47)40-19-9-12-22-48(40)52)24-26-49(43)53(50(44)30-46(42)51)31-23-25-37-35-15-4-3-13-33(35)34-14-5-6-16-36(34)41(37)27-31;1-39(2)35-14-8-7-13-30(35)32-21-34-33-19-23(40)15-18-37(33)41(38(34)22-36(32)39)24-16-17-29-27-11-4-3-9-25(27)26-10-5-6-12-28(26)31(29)20-24;2-1-4-3;1-12(2)17(11)20(18(13(3)4)14(5)6)19(15(7)8)16(9)10;;;/h3-30H,1-2H3;3-22H,1-2H3;1,3H;;;;/q;;;;2*+1;-1/p-1. The van der Waals surface area contributed by atoms with Gasteiger partial charge in [0.1, 0.15) is 0 Å². The first-order valence-electron chi connectivity index (χ1n) is 39.8. The molecular formula is C91H62B20BrN3O3Rb2. The van der Waals surface area contributed by atoms with Gasteiger partial charge in [-0.2, -0.15) is 0 Å². The summed E-state index contributed by atoms with van der Waals surface area (Å²) < 4.78 is 8.52. The Kier molecular flexibility index (Phi) is 25.3. The first-order valence-corrected chi connectivity index (χ1v) is 40.6. The molecular weight excluding hydrogens is 1650 g/mol. The Morgan fingerprint density at radius 2 is 0.567 bits per heavy atom. The van der Waals surface area contributed by atoms with Gasteiger partial charge in [0, 0.05) is 207 Å². The van der Waals surface area contributed by atoms with Crippen LogP contribution in [-0.4, -0.2) is 163 Å². The number of aromatic nitrogens is 3. The molecule has 0 saturated heterocycles. The van der Waals surface area contributed by atoms with Gasteiger partial charge >= 0.3 is 116 Å². The average Bonchev–Trinajstić information content (AvgIpc) is 1.56. The molecule has 6 nitrogen and oxygen atoms in total. The molecule has 120 heavy (non-hydrogen) atoms. The maximum absolute atomic E-state index is 8.64. The van der Waals surface area contributed by atoms with Crippen LogP contribution in [0.5, 0.6) is 0 Å². The van der Waals surface area contributed by atoms with Gasteiger partial charge in [0.15, 0.2) is 0 Å². The predicted octanol–water partition coefficient (Wildman–Crippen LogP) is 9.90. The fraction of sp³-hybridized carbons (Fsp3) is 0.0659. The number of para-hydroxylation sites is 2. The van der Waals surface area contributed by atoms with Crippen molar-refractivity contribution in [3.05, 3.63) is 318 Å². The van der Waals surface area contributed by atoms with Crippen LogP contribution in [-0.2, 0) is 20.5 Å². The summed E-state index contributed by atoms with van der Waals surface area (Å²) in [6.45, 7) is 9.30. The van der Waals surface area contributed by atoms with E-state index in [0.717, 1.165) is 4.47 Å². The largest absolute Gasteiger partial charge is 1.00 e. The molecule has 0 unspecified atom stereocenters.